The van der Waals surface area contributed by atoms with Crippen molar-refractivity contribution in [1.29, 1.82) is 0 Å². The monoisotopic (exact) mass is 398 g/mol. The molecule has 1 N–H and O–H groups in total. The van der Waals surface area contributed by atoms with Crippen molar-refractivity contribution in [3.63, 3.8) is 0 Å². The standard InChI is InChI=1S/C26H26N2O2/c1-19-12-14-23(15-13-19)28-18-22(17-25(28)29)26(30)27-24(21-10-6-3-7-11-21)16-20-8-4-2-5-9-20/h2-15,22,24H,16-18H2,1H3,(H,27,30)/t22-,24-/m0/s1. The first-order valence-corrected chi connectivity index (χ1v) is 10.4. The summed E-state index contributed by atoms with van der Waals surface area (Å²) in [6, 6.07) is 27.9. The molecule has 0 aromatic heterocycles. The minimum Gasteiger partial charge on any atom is -0.349 e. The number of rotatable bonds is 6. The fraction of sp³-hybridized carbons (Fsp3) is 0.231. The molecule has 4 rings (SSSR count). The molecule has 2 amide bonds. The molecule has 152 valence electrons. The van der Waals surface area contributed by atoms with Gasteiger partial charge in [0.05, 0.1) is 12.0 Å². The Balaban J connectivity index is 1.48. The van der Waals surface area contributed by atoms with Crippen LogP contribution in [0.2, 0.25) is 0 Å². The summed E-state index contributed by atoms with van der Waals surface area (Å²) in [7, 11) is 0. The number of carbonyl (C=O) groups excluding carboxylic acids is 2. The SMILES string of the molecule is Cc1ccc(N2C[C@@H](C(=O)N[C@@H](Cc3ccccc3)c3ccccc3)CC2=O)cc1. The second-order valence-corrected chi connectivity index (χ2v) is 7.90. The number of aryl methyl sites for hydroxylation is 1. The van der Waals surface area contributed by atoms with E-state index in [-0.39, 0.29) is 30.2 Å². The molecule has 0 aliphatic carbocycles. The highest BCUT2D eigenvalue weighted by Crippen LogP contribution is 2.27. The summed E-state index contributed by atoms with van der Waals surface area (Å²) in [5, 5.41) is 3.21. The van der Waals surface area contributed by atoms with Crippen molar-refractivity contribution >= 4 is 17.5 Å². The van der Waals surface area contributed by atoms with Crippen molar-refractivity contribution in [2.45, 2.75) is 25.8 Å². The van der Waals surface area contributed by atoms with Crippen molar-refractivity contribution in [2.24, 2.45) is 5.92 Å². The van der Waals surface area contributed by atoms with Crippen molar-refractivity contribution in [2.75, 3.05) is 11.4 Å². The Morgan fingerprint density at radius 3 is 2.27 bits per heavy atom. The summed E-state index contributed by atoms with van der Waals surface area (Å²) < 4.78 is 0. The van der Waals surface area contributed by atoms with E-state index in [1.54, 1.807) is 4.90 Å². The summed E-state index contributed by atoms with van der Waals surface area (Å²) in [6.45, 7) is 2.43. The van der Waals surface area contributed by atoms with Gasteiger partial charge in [-0.1, -0.05) is 78.4 Å². The molecule has 1 saturated heterocycles. The van der Waals surface area contributed by atoms with Gasteiger partial charge >= 0.3 is 0 Å². The van der Waals surface area contributed by atoms with Gasteiger partial charge in [0, 0.05) is 18.7 Å². The Morgan fingerprint density at radius 1 is 0.967 bits per heavy atom. The van der Waals surface area contributed by atoms with E-state index in [1.165, 1.54) is 0 Å². The molecule has 2 atom stereocenters. The maximum absolute atomic E-state index is 13.1. The van der Waals surface area contributed by atoms with Crippen molar-refractivity contribution in [1.82, 2.24) is 5.32 Å². The molecule has 1 fully saturated rings. The lowest BCUT2D eigenvalue weighted by atomic mass is 9.97. The molecule has 4 heteroatoms. The zero-order valence-electron chi connectivity index (χ0n) is 17.1. The van der Waals surface area contributed by atoms with Crippen LogP contribution < -0.4 is 10.2 Å². The second kappa shape index (κ2) is 8.95. The molecular weight excluding hydrogens is 372 g/mol. The number of carbonyl (C=O) groups is 2. The maximum Gasteiger partial charge on any atom is 0.227 e. The number of hydrogen-bond donors (Lipinski definition) is 1. The van der Waals surface area contributed by atoms with E-state index in [4.69, 9.17) is 0 Å². The lowest BCUT2D eigenvalue weighted by Crippen LogP contribution is -2.36. The third-order valence-corrected chi connectivity index (χ3v) is 5.64. The van der Waals surface area contributed by atoms with E-state index in [2.05, 4.69) is 17.4 Å². The fourth-order valence-corrected chi connectivity index (χ4v) is 3.93. The smallest absolute Gasteiger partial charge is 0.227 e. The quantitative estimate of drug-likeness (QED) is 0.667. The van der Waals surface area contributed by atoms with Gasteiger partial charge in [-0.05, 0) is 36.6 Å². The van der Waals surface area contributed by atoms with E-state index in [0.717, 1.165) is 22.4 Å². The molecule has 1 aliphatic rings. The van der Waals surface area contributed by atoms with Crippen LogP contribution in [0.15, 0.2) is 84.9 Å². The first-order chi connectivity index (χ1) is 14.6. The number of anilines is 1. The molecule has 0 radical (unpaired) electrons. The van der Waals surface area contributed by atoms with Gasteiger partial charge in [0.2, 0.25) is 11.8 Å². The van der Waals surface area contributed by atoms with Gasteiger partial charge in [0.1, 0.15) is 0 Å². The van der Waals surface area contributed by atoms with Gasteiger partial charge in [-0.3, -0.25) is 9.59 Å². The van der Waals surface area contributed by atoms with Crippen LogP contribution in [0.4, 0.5) is 5.69 Å². The van der Waals surface area contributed by atoms with E-state index < -0.39 is 0 Å². The molecule has 4 nitrogen and oxygen atoms in total. The molecule has 0 spiro atoms. The Labute approximate surface area is 177 Å². The number of nitrogens with one attached hydrogen (secondary N) is 1. The van der Waals surface area contributed by atoms with Crippen LogP contribution in [0.25, 0.3) is 0 Å². The average Bonchev–Trinajstić information content (AvgIpc) is 3.17. The summed E-state index contributed by atoms with van der Waals surface area (Å²) in [6.07, 6.45) is 0.950. The molecule has 1 aliphatic heterocycles. The predicted octanol–water partition coefficient (Wildman–Crippen LogP) is 4.45. The normalized spacial score (nSPS) is 17.0. The molecule has 0 unspecified atom stereocenters. The van der Waals surface area contributed by atoms with E-state index in [1.807, 2.05) is 79.7 Å². The summed E-state index contributed by atoms with van der Waals surface area (Å²) >= 11 is 0. The predicted molar refractivity (Wildman–Crippen MR) is 119 cm³/mol. The average molecular weight is 399 g/mol. The van der Waals surface area contributed by atoms with E-state index >= 15 is 0 Å². The molecular formula is C26H26N2O2. The summed E-state index contributed by atoms with van der Waals surface area (Å²) in [5.74, 6) is -0.415. The van der Waals surface area contributed by atoms with Crippen LogP contribution in [0.1, 0.15) is 29.2 Å². The Bertz CT molecular complexity index is 1000. The first kappa shape index (κ1) is 19.9. The minimum atomic E-state index is -0.346. The molecule has 3 aromatic rings. The van der Waals surface area contributed by atoms with Crippen LogP contribution in [-0.4, -0.2) is 18.4 Å². The van der Waals surface area contributed by atoms with Gasteiger partial charge in [-0.25, -0.2) is 0 Å². The maximum atomic E-state index is 13.1. The Morgan fingerprint density at radius 2 is 1.60 bits per heavy atom. The Hall–Kier alpha value is -3.40. The van der Waals surface area contributed by atoms with Crippen LogP contribution in [-0.2, 0) is 16.0 Å². The first-order valence-electron chi connectivity index (χ1n) is 10.4. The highest BCUT2D eigenvalue weighted by Gasteiger charge is 2.35. The van der Waals surface area contributed by atoms with Crippen molar-refractivity contribution in [3.8, 4) is 0 Å². The van der Waals surface area contributed by atoms with Crippen LogP contribution in [0.5, 0.6) is 0 Å². The van der Waals surface area contributed by atoms with E-state index in [0.29, 0.717) is 13.0 Å². The highest BCUT2D eigenvalue weighted by atomic mass is 16.2. The summed E-state index contributed by atoms with van der Waals surface area (Å²) in [4.78, 5) is 27.4. The molecule has 1 heterocycles. The van der Waals surface area contributed by atoms with Gasteiger partial charge in [-0.15, -0.1) is 0 Å². The van der Waals surface area contributed by atoms with Crippen LogP contribution in [0, 0.1) is 12.8 Å². The van der Waals surface area contributed by atoms with Crippen LogP contribution in [0.3, 0.4) is 0 Å². The molecule has 0 saturated carbocycles. The van der Waals surface area contributed by atoms with E-state index in [9.17, 15) is 9.59 Å². The number of benzene rings is 3. The third-order valence-electron chi connectivity index (χ3n) is 5.64. The second-order valence-electron chi connectivity index (χ2n) is 7.90. The van der Waals surface area contributed by atoms with Gasteiger partial charge < -0.3 is 10.2 Å². The highest BCUT2D eigenvalue weighted by molar-refractivity contribution is 6.00. The number of nitrogens with zero attached hydrogens (tertiary/aromatic N) is 1. The molecule has 3 aromatic carbocycles. The molecule has 0 bridgehead atoms. The van der Waals surface area contributed by atoms with Gasteiger partial charge in [0.25, 0.3) is 0 Å². The van der Waals surface area contributed by atoms with Gasteiger partial charge in [-0.2, -0.15) is 0 Å². The largest absolute Gasteiger partial charge is 0.349 e. The fourth-order valence-electron chi connectivity index (χ4n) is 3.93. The van der Waals surface area contributed by atoms with Crippen molar-refractivity contribution < 1.29 is 9.59 Å². The van der Waals surface area contributed by atoms with Crippen molar-refractivity contribution in [3.05, 3.63) is 102 Å². The summed E-state index contributed by atoms with van der Waals surface area (Å²) in [5.41, 5.74) is 4.22. The minimum absolute atomic E-state index is 0.00155. The Kier molecular flexibility index (Phi) is 5.94. The lowest BCUT2D eigenvalue weighted by molar-refractivity contribution is -0.127. The topological polar surface area (TPSA) is 49.4 Å². The zero-order valence-corrected chi connectivity index (χ0v) is 17.1. The number of hydrogen-bond acceptors (Lipinski definition) is 2. The lowest BCUT2D eigenvalue weighted by Gasteiger charge is -2.22. The third kappa shape index (κ3) is 4.60. The van der Waals surface area contributed by atoms with Crippen LogP contribution >= 0.6 is 0 Å². The van der Waals surface area contributed by atoms with Gasteiger partial charge in [0.15, 0.2) is 0 Å². The molecule has 30 heavy (non-hydrogen) atoms. The number of amides is 2. The zero-order chi connectivity index (χ0) is 20.9.